The maximum atomic E-state index is 11.2. The van der Waals surface area contributed by atoms with E-state index in [-0.39, 0.29) is 17.8 Å². The number of hydrogen-bond acceptors (Lipinski definition) is 6. The predicted molar refractivity (Wildman–Crippen MR) is 140 cm³/mol. The highest BCUT2D eigenvalue weighted by Crippen LogP contribution is 2.45. The first-order chi connectivity index (χ1) is 17.5. The van der Waals surface area contributed by atoms with E-state index in [9.17, 15) is 10.1 Å². The van der Waals surface area contributed by atoms with Crippen molar-refractivity contribution in [2.45, 2.75) is 12.1 Å². The number of nitrogens with zero attached hydrogens (tertiary/aromatic N) is 4. The van der Waals surface area contributed by atoms with E-state index in [1.807, 2.05) is 64.2 Å². The molecule has 1 aliphatic heterocycles. The van der Waals surface area contributed by atoms with Crippen LogP contribution in [0.2, 0.25) is 0 Å². The van der Waals surface area contributed by atoms with Gasteiger partial charge in [-0.3, -0.25) is 15.1 Å². The standard InChI is InChI=1S/C26H23N5O4S/c1-34-19-12-13-21(23(16-19)35-2)30-25(24(28-26(30)36)20-6-3-4-14-27-20)22-7-5-15-29(22)17-8-10-18(11-9-17)31(32)33/h3-16,24-25H,1-2H3,(H,28,36)/t24-,25-/m0/s1. The summed E-state index contributed by atoms with van der Waals surface area (Å²) in [5.74, 6) is 1.28. The van der Waals surface area contributed by atoms with Crippen molar-refractivity contribution in [1.29, 1.82) is 0 Å². The molecule has 5 rings (SSSR count). The first kappa shape index (κ1) is 23.3. The van der Waals surface area contributed by atoms with Crippen molar-refractivity contribution in [1.82, 2.24) is 14.9 Å². The van der Waals surface area contributed by atoms with E-state index in [1.165, 1.54) is 12.1 Å². The first-order valence-corrected chi connectivity index (χ1v) is 11.6. The lowest BCUT2D eigenvalue weighted by molar-refractivity contribution is -0.384. The van der Waals surface area contributed by atoms with Gasteiger partial charge < -0.3 is 24.3 Å². The Bertz CT molecular complexity index is 1410. The van der Waals surface area contributed by atoms with Gasteiger partial charge in [-0.2, -0.15) is 0 Å². The van der Waals surface area contributed by atoms with Gasteiger partial charge >= 0.3 is 0 Å². The van der Waals surface area contributed by atoms with Crippen LogP contribution in [0.15, 0.2) is 85.2 Å². The Kier molecular flexibility index (Phi) is 6.26. The number of methoxy groups -OCH3 is 2. The molecule has 0 aliphatic carbocycles. The molecule has 36 heavy (non-hydrogen) atoms. The lowest BCUT2D eigenvalue weighted by Crippen LogP contribution is -2.30. The molecule has 10 heteroatoms. The molecular formula is C26H23N5O4S. The maximum absolute atomic E-state index is 11.2. The molecule has 1 N–H and O–H groups in total. The van der Waals surface area contributed by atoms with E-state index in [2.05, 4.69) is 10.3 Å². The predicted octanol–water partition coefficient (Wildman–Crippen LogP) is 4.97. The molecule has 2 atom stereocenters. The molecule has 2 aromatic carbocycles. The fourth-order valence-electron chi connectivity index (χ4n) is 4.50. The molecule has 0 unspecified atom stereocenters. The number of aromatic nitrogens is 2. The van der Waals surface area contributed by atoms with E-state index in [4.69, 9.17) is 21.7 Å². The number of thiocarbonyl (C=S) groups is 1. The second-order valence-electron chi connectivity index (χ2n) is 8.11. The summed E-state index contributed by atoms with van der Waals surface area (Å²) in [7, 11) is 3.21. The smallest absolute Gasteiger partial charge is 0.269 e. The monoisotopic (exact) mass is 501 g/mol. The minimum absolute atomic E-state index is 0.0344. The quantitative estimate of drug-likeness (QED) is 0.215. The average molecular weight is 502 g/mol. The highest BCUT2D eigenvalue weighted by molar-refractivity contribution is 7.80. The van der Waals surface area contributed by atoms with Crippen molar-refractivity contribution in [2.75, 3.05) is 19.1 Å². The number of nitro benzene ring substituents is 1. The number of pyridine rings is 1. The van der Waals surface area contributed by atoms with E-state index in [1.54, 1.807) is 32.5 Å². The van der Waals surface area contributed by atoms with Crippen LogP contribution in [0.1, 0.15) is 23.5 Å². The van der Waals surface area contributed by atoms with Crippen LogP contribution in [0, 0.1) is 10.1 Å². The van der Waals surface area contributed by atoms with Gasteiger partial charge in [0.25, 0.3) is 5.69 Å². The van der Waals surface area contributed by atoms with Crippen LogP contribution in [0.4, 0.5) is 11.4 Å². The Morgan fingerprint density at radius 2 is 1.83 bits per heavy atom. The third-order valence-electron chi connectivity index (χ3n) is 6.17. The van der Waals surface area contributed by atoms with Crippen molar-refractivity contribution >= 4 is 28.7 Å². The normalized spacial score (nSPS) is 17.1. The molecule has 3 heterocycles. The molecule has 182 valence electrons. The zero-order chi connectivity index (χ0) is 25.2. The summed E-state index contributed by atoms with van der Waals surface area (Å²) in [6.07, 6.45) is 3.68. The van der Waals surface area contributed by atoms with E-state index < -0.39 is 4.92 Å². The summed E-state index contributed by atoms with van der Waals surface area (Å²) in [5, 5.41) is 15.1. The Labute approximate surface area is 213 Å². The molecule has 1 fully saturated rings. The molecule has 0 amide bonds. The van der Waals surface area contributed by atoms with Gasteiger partial charge in [0.1, 0.15) is 17.5 Å². The number of anilines is 1. The van der Waals surface area contributed by atoms with Crippen LogP contribution in [0.25, 0.3) is 5.69 Å². The van der Waals surface area contributed by atoms with Crippen molar-refractivity contribution in [3.63, 3.8) is 0 Å². The summed E-state index contributed by atoms with van der Waals surface area (Å²) in [6.45, 7) is 0. The maximum Gasteiger partial charge on any atom is 0.269 e. The molecule has 0 saturated carbocycles. The summed E-state index contributed by atoms with van der Waals surface area (Å²) < 4.78 is 13.1. The van der Waals surface area contributed by atoms with Crippen LogP contribution in [0.3, 0.4) is 0 Å². The number of non-ortho nitro benzene ring substituents is 1. The van der Waals surface area contributed by atoms with Gasteiger partial charge in [0.05, 0.1) is 36.6 Å². The third kappa shape index (κ3) is 4.11. The highest BCUT2D eigenvalue weighted by atomic mass is 32.1. The number of ether oxygens (including phenoxy) is 2. The largest absolute Gasteiger partial charge is 0.497 e. The second-order valence-corrected chi connectivity index (χ2v) is 8.50. The molecule has 0 spiro atoms. The fraction of sp³-hybridized carbons (Fsp3) is 0.154. The molecule has 2 aromatic heterocycles. The van der Waals surface area contributed by atoms with Gasteiger partial charge in [0.2, 0.25) is 0 Å². The topological polar surface area (TPSA) is 94.7 Å². The number of rotatable bonds is 7. The van der Waals surface area contributed by atoms with Crippen LogP contribution in [0.5, 0.6) is 11.5 Å². The molecule has 1 saturated heterocycles. The highest BCUT2D eigenvalue weighted by Gasteiger charge is 2.43. The van der Waals surface area contributed by atoms with E-state index in [0.29, 0.717) is 16.6 Å². The lowest BCUT2D eigenvalue weighted by Gasteiger charge is -2.30. The Morgan fingerprint density at radius 1 is 1.03 bits per heavy atom. The summed E-state index contributed by atoms with van der Waals surface area (Å²) in [6, 6.07) is 21.2. The summed E-state index contributed by atoms with van der Waals surface area (Å²) >= 11 is 5.84. The van der Waals surface area contributed by atoms with Crippen molar-refractivity contribution < 1.29 is 14.4 Å². The van der Waals surface area contributed by atoms with Crippen LogP contribution >= 0.6 is 12.2 Å². The number of nitro groups is 1. The minimum atomic E-state index is -0.408. The number of hydrogen-bond donors (Lipinski definition) is 1. The first-order valence-electron chi connectivity index (χ1n) is 11.2. The second kappa shape index (κ2) is 9.67. The Balaban J connectivity index is 1.66. The van der Waals surface area contributed by atoms with Crippen molar-refractivity contribution in [2.24, 2.45) is 0 Å². The van der Waals surface area contributed by atoms with Gasteiger partial charge in [-0.05, 0) is 60.7 Å². The van der Waals surface area contributed by atoms with Crippen LogP contribution < -0.4 is 19.7 Å². The fourth-order valence-corrected chi connectivity index (χ4v) is 4.84. The third-order valence-corrected chi connectivity index (χ3v) is 6.48. The molecular weight excluding hydrogens is 478 g/mol. The van der Waals surface area contributed by atoms with Gasteiger partial charge in [0, 0.05) is 42.0 Å². The zero-order valence-corrected chi connectivity index (χ0v) is 20.4. The molecule has 4 aromatic rings. The number of nitrogens with one attached hydrogen (secondary N) is 1. The van der Waals surface area contributed by atoms with Crippen LogP contribution in [-0.4, -0.2) is 33.8 Å². The van der Waals surface area contributed by atoms with E-state index >= 15 is 0 Å². The van der Waals surface area contributed by atoms with Gasteiger partial charge in [-0.15, -0.1) is 0 Å². The van der Waals surface area contributed by atoms with Crippen molar-refractivity contribution in [3.8, 4) is 17.2 Å². The average Bonchev–Trinajstić information content (AvgIpc) is 3.53. The SMILES string of the molecule is COc1ccc(N2C(=S)N[C@@H](c3ccccn3)[C@@H]2c2cccn2-c2ccc([N+](=O)[O-])cc2)c(OC)c1. The van der Waals surface area contributed by atoms with Gasteiger partial charge in [0.15, 0.2) is 5.11 Å². The molecule has 9 nitrogen and oxygen atoms in total. The Hall–Kier alpha value is -4.44. The Morgan fingerprint density at radius 3 is 2.50 bits per heavy atom. The van der Waals surface area contributed by atoms with E-state index in [0.717, 1.165) is 22.8 Å². The van der Waals surface area contributed by atoms with Crippen LogP contribution in [-0.2, 0) is 0 Å². The lowest BCUT2D eigenvalue weighted by atomic mass is 10.0. The van der Waals surface area contributed by atoms with Gasteiger partial charge in [-0.1, -0.05) is 6.07 Å². The molecule has 0 bridgehead atoms. The zero-order valence-electron chi connectivity index (χ0n) is 19.6. The minimum Gasteiger partial charge on any atom is -0.497 e. The molecule has 0 radical (unpaired) electrons. The summed E-state index contributed by atoms with van der Waals surface area (Å²) in [4.78, 5) is 17.4. The molecule has 1 aliphatic rings. The van der Waals surface area contributed by atoms with Gasteiger partial charge in [-0.25, -0.2) is 0 Å². The number of benzene rings is 2. The van der Waals surface area contributed by atoms with Crippen molar-refractivity contribution in [3.05, 3.63) is 107 Å². The summed E-state index contributed by atoms with van der Waals surface area (Å²) in [5.41, 5.74) is 3.35.